The molecule has 0 unspecified atom stereocenters. The van der Waals surface area contributed by atoms with E-state index in [2.05, 4.69) is 25.8 Å². The molecule has 8 heteroatoms. The minimum atomic E-state index is -4.40. The topological polar surface area (TPSA) is 45.4 Å². The maximum Gasteiger partial charge on any atom is 0.419 e. The van der Waals surface area contributed by atoms with Gasteiger partial charge in [-0.05, 0) is 41.5 Å². The number of halogens is 4. The van der Waals surface area contributed by atoms with Gasteiger partial charge in [-0.25, -0.2) is 4.98 Å². The summed E-state index contributed by atoms with van der Waals surface area (Å²) in [5, 5.41) is 0. The number of piperazine rings is 1. The van der Waals surface area contributed by atoms with Crippen molar-refractivity contribution >= 4 is 21.7 Å². The van der Waals surface area contributed by atoms with Gasteiger partial charge in [0.2, 0.25) is 0 Å². The molecule has 1 aromatic rings. The first-order valence-corrected chi connectivity index (χ1v) is 7.61. The Hall–Kier alpha value is -0.860. The van der Waals surface area contributed by atoms with Crippen LogP contribution in [0.25, 0.3) is 0 Å². The molecule has 1 aliphatic heterocycles. The molecule has 1 aromatic heterocycles. The highest BCUT2D eigenvalue weighted by atomic mass is 79.9. The first-order chi connectivity index (χ1) is 9.91. The zero-order valence-electron chi connectivity index (χ0n) is 11.5. The van der Waals surface area contributed by atoms with E-state index in [0.29, 0.717) is 24.1 Å². The maximum atomic E-state index is 13.1. The summed E-state index contributed by atoms with van der Waals surface area (Å²) in [5.41, 5.74) is 4.78. The van der Waals surface area contributed by atoms with Crippen molar-refractivity contribution in [2.75, 3.05) is 44.2 Å². The molecular formula is C13H18BrF3N4. The second-order valence-electron chi connectivity index (χ2n) is 4.99. The van der Waals surface area contributed by atoms with E-state index in [0.717, 1.165) is 32.1 Å². The first-order valence-electron chi connectivity index (χ1n) is 6.82. The Balaban J connectivity index is 2.10. The predicted molar refractivity (Wildman–Crippen MR) is 79.3 cm³/mol. The van der Waals surface area contributed by atoms with Gasteiger partial charge in [-0.2, -0.15) is 13.2 Å². The van der Waals surface area contributed by atoms with Crippen molar-refractivity contribution in [3.8, 4) is 0 Å². The number of hydrogen-bond donors (Lipinski definition) is 1. The van der Waals surface area contributed by atoms with Gasteiger partial charge in [0.25, 0.3) is 0 Å². The SMILES string of the molecule is NCCCN1CCN(c2ncc(Br)cc2C(F)(F)F)CC1. The number of hydrogen-bond acceptors (Lipinski definition) is 4. The van der Waals surface area contributed by atoms with E-state index in [9.17, 15) is 13.2 Å². The molecule has 0 aliphatic carbocycles. The van der Waals surface area contributed by atoms with E-state index in [1.807, 2.05) is 0 Å². The average Bonchev–Trinajstić information content (AvgIpc) is 2.45. The zero-order valence-corrected chi connectivity index (χ0v) is 13.1. The van der Waals surface area contributed by atoms with Crippen LogP contribution in [0.2, 0.25) is 0 Å². The summed E-state index contributed by atoms with van der Waals surface area (Å²) in [4.78, 5) is 7.90. The van der Waals surface area contributed by atoms with Gasteiger partial charge in [-0.3, -0.25) is 4.90 Å². The van der Waals surface area contributed by atoms with Gasteiger partial charge >= 0.3 is 6.18 Å². The number of nitrogens with two attached hydrogens (primary N) is 1. The molecule has 118 valence electrons. The van der Waals surface area contributed by atoms with Crippen molar-refractivity contribution in [2.45, 2.75) is 12.6 Å². The number of rotatable bonds is 4. The third-order valence-corrected chi connectivity index (χ3v) is 3.92. The lowest BCUT2D eigenvalue weighted by molar-refractivity contribution is -0.137. The molecule has 0 bridgehead atoms. The van der Waals surface area contributed by atoms with Crippen molar-refractivity contribution < 1.29 is 13.2 Å². The second kappa shape index (κ2) is 6.93. The summed E-state index contributed by atoms with van der Waals surface area (Å²) in [6.07, 6.45) is -2.08. The van der Waals surface area contributed by atoms with Crippen LogP contribution >= 0.6 is 15.9 Å². The fraction of sp³-hybridized carbons (Fsp3) is 0.615. The molecule has 21 heavy (non-hydrogen) atoms. The number of anilines is 1. The highest BCUT2D eigenvalue weighted by Gasteiger charge is 2.36. The van der Waals surface area contributed by atoms with Crippen LogP contribution in [0, 0.1) is 0 Å². The zero-order chi connectivity index (χ0) is 15.5. The predicted octanol–water partition coefficient (Wildman–Crippen LogP) is 2.33. The van der Waals surface area contributed by atoms with Crippen molar-refractivity contribution in [1.82, 2.24) is 9.88 Å². The smallest absolute Gasteiger partial charge is 0.354 e. The van der Waals surface area contributed by atoms with Crippen molar-refractivity contribution in [2.24, 2.45) is 5.73 Å². The molecular weight excluding hydrogens is 349 g/mol. The molecule has 0 radical (unpaired) electrons. The van der Waals surface area contributed by atoms with E-state index in [-0.39, 0.29) is 5.82 Å². The number of aromatic nitrogens is 1. The highest BCUT2D eigenvalue weighted by Crippen LogP contribution is 2.37. The second-order valence-corrected chi connectivity index (χ2v) is 5.91. The molecule has 4 nitrogen and oxygen atoms in total. The summed E-state index contributed by atoms with van der Waals surface area (Å²) >= 11 is 3.05. The summed E-state index contributed by atoms with van der Waals surface area (Å²) in [6.45, 7) is 4.07. The molecule has 2 rings (SSSR count). The van der Waals surface area contributed by atoms with Gasteiger partial charge < -0.3 is 10.6 Å². The highest BCUT2D eigenvalue weighted by molar-refractivity contribution is 9.10. The molecule has 0 atom stereocenters. The summed E-state index contributed by atoms with van der Waals surface area (Å²) < 4.78 is 39.7. The van der Waals surface area contributed by atoms with Gasteiger partial charge in [-0.15, -0.1) is 0 Å². The van der Waals surface area contributed by atoms with Gasteiger partial charge in [0.05, 0.1) is 5.56 Å². The van der Waals surface area contributed by atoms with E-state index in [1.165, 1.54) is 6.20 Å². The van der Waals surface area contributed by atoms with E-state index in [4.69, 9.17) is 5.73 Å². The van der Waals surface area contributed by atoms with Gasteiger partial charge in [0, 0.05) is 36.8 Å². The largest absolute Gasteiger partial charge is 0.419 e. The number of pyridine rings is 1. The Labute approximate surface area is 130 Å². The van der Waals surface area contributed by atoms with E-state index in [1.54, 1.807) is 4.90 Å². The molecule has 2 heterocycles. The fourth-order valence-corrected chi connectivity index (χ4v) is 2.72. The molecule has 0 saturated carbocycles. The molecule has 1 saturated heterocycles. The number of alkyl halides is 3. The molecule has 1 aliphatic rings. The summed E-state index contributed by atoms with van der Waals surface area (Å²) in [5.74, 6) is 0.0178. The van der Waals surface area contributed by atoms with Crippen LogP contribution in [-0.2, 0) is 6.18 Å². The Morgan fingerprint density at radius 3 is 2.48 bits per heavy atom. The van der Waals surface area contributed by atoms with Crippen LogP contribution in [0.4, 0.5) is 19.0 Å². The van der Waals surface area contributed by atoms with Crippen molar-refractivity contribution in [3.05, 3.63) is 22.3 Å². The summed E-state index contributed by atoms with van der Waals surface area (Å²) in [7, 11) is 0. The van der Waals surface area contributed by atoms with Crippen molar-refractivity contribution in [1.29, 1.82) is 0 Å². The van der Waals surface area contributed by atoms with Gasteiger partial charge in [0.15, 0.2) is 0 Å². The monoisotopic (exact) mass is 366 g/mol. The van der Waals surface area contributed by atoms with Gasteiger partial charge in [-0.1, -0.05) is 0 Å². The quantitative estimate of drug-likeness (QED) is 0.888. The molecule has 1 fully saturated rings. The van der Waals surface area contributed by atoms with Gasteiger partial charge in [0.1, 0.15) is 5.82 Å². The average molecular weight is 367 g/mol. The van der Waals surface area contributed by atoms with Crippen LogP contribution in [0.5, 0.6) is 0 Å². The molecule has 2 N–H and O–H groups in total. The third-order valence-electron chi connectivity index (χ3n) is 3.49. The maximum absolute atomic E-state index is 13.1. The molecule has 0 amide bonds. The van der Waals surface area contributed by atoms with E-state index < -0.39 is 11.7 Å². The third kappa shape index (κ3) is 4.31. The number of nitrogens with zero attached hydrogens (tertiary/aromatic N) is 3. The Kier molecular flexibility index (Phi) is 5.45. The van der Waals surface area contributed by atoms with E-state index >= 15 is 0 Å². The lowest BCUT2D eigenvalue weighted by Crippen LogP contribution is -2.47. The van der Waals surface area contributed by atoms with Crippen LogP contribution in [-0.4, -0.2) is 49.2 Å². The summed E-state index contributed by atoms with van der Waals surface area (Å²) in [6, 6.07) is 1.09. The lowest BCUT2D eigenvalue weighted by atomic mass is 10.2. The van der Waals surface area contributed by atoms with Crippen LogP contribution in [0.3, 0.4) is 0 Å². The van der Waals surface area contributed by atoms with Crippen LogP contribution in [0.15, 0.2) is 16.7 Å². The van der Waals surface area contributed by atoms with Crippen LogP contribution < -0.4 is 10.6 Å². The fourth-order valence-electron chi connectivity index (χ4n) is 2.39. The normalized spacial score (nSPS) is 17.3. The minimum absolute atomic E-state index is 0.0178. The Morgan fingerprint density at radius 1 is 1.24 bits per heavy atom. The van der Waals surface area contributed by atoms with Crippen LogP contribution in [0.1, 0.15) is 12.0 Å². The van der Waals surface area contributed by atoms with Crippen molar-refractivity contribution in [3.63, 3.8) is 0 Å². The molecule has 0 spiro atoms. The minimum Gasteiger partial charge on any atom is -0.354 e. The Morgan fingerprint density at radius 2 is 1.90 bits per heavy atom. The first kappa shape index (κ1) is 16.5. The molecule has 0 aromatic carbocycles. The standard InChI is InChI=1S/C13H18BrF3N4/c14-10-8-11(13(15,16)17)12(19-9-10)21-6-4-20(5-7-21)3-1-2-18/h8-9H,1-7,18H2. The Bertz CT molecular complexity index is 473. The lowest BCUT2D eigenvalue weighted by Gasteiger charge is -2.36.